The molecule has 6 nitrogen and oxygen atoms in total. The van der Waals surface area contributed by atoms with E-state index in [1.807, 2.05) is 12.1 Å². The molecule has 118 valence electrons. The van der Waals surface area contributed by atoms with Crippen LogP contribution in [-0.2, 0) is 0 Å². The van der Waals surface area contributed by atoms with Crippen LogP contribution in [-0.4, -0.2) is 24.7 Å². The molecule has 4 aromatic rings. The van der Waals surface area contributed by atoms with E-state index < -0.39 is 0 Å². The molecule has 0 N–H and O–H groups in total. The van der Waals surface area contributed by atoms with Crippen molar-refractivity contribution < 1.29 is 9.13 Å². The second kappa shape index (κ2) is 5.97. The zero-order valence-electron chi connectivity index (χ0n) is 12.1. The fourth-order valence-electron chi connectivity index (χ4n) is 2.23. The van der Waals surface area contributed by atoms with Crippen LogP contribution in [0.5, 0.6) is 11.6 Å². The molecule has 0 aliphatic rings. The monoisotopic (exact) mass is 385 g/mol. The number of aromatic nitrogens is 5. The first kappa shape index (κ1) is 14.7. The molecule has 0 atom stereocenters. The Morgan fingerprint density at radius 3 is 2.62 bits per heavy atom. The van der Waals surface area contributed by atoms with Gasteiger partial charge >= 0.3 is 0 Å². The van der Waals surface area contributed by atoms with E-state index in [1.54, 1.807) is 29.2 Å². The number of hydrogen-bond acceptors (Lipinski definition) is 5. The third kappa shape index (κ3) is 2.71. The summed E-state index contributed by atoms with van der Waals surface area (Å²) in [5.74, 6) is 0.567. The van der Waals surface area contributed by atoms with Crippen LogP contribution in [0, 0.1) is 5.82 Å². The first-order chi connectivity index (χ1) is 11.7. The minimum Gasteiger partial charge on any atom is -0.438 e. The number of benzene rings is 2. The van der Waals surface area contributed by atoms with E-state index >= 15 is 0 Å². The Kier molecular flexibility index (Phi) is 3.66. The van der Waals surface area contributed by atoms with Gasteiger partial charge in [-0.05, 0) is 46.3 Å². The smallest absolute Gasteiger partial charge is 0.230 e. The van der Waals surface area contributed by atoms with E-state index in [2.05, 4.69) is 36.0 Å². The Morgan fingerprint density at radius 2 is 1.88 bits per heavy atom. The Bertz CT molecular complexity index is 1010. The fraction of sp³-hybridized carbons (Fsp3) is 0. The second-order valence-corrected chi connectivity index (χ2v) is 5.75. The zero-order valence-corrected chi connectivity index (χ0v) is 13.7. The van der Waals surface area contributed by atoms with Crippen LogP contribution in [0.4, 0.5) is 4.39 Å². The number of rotatable bonds is 3. The van der Waals surface area contributed by atoms with E-state index in [1.165, 1.54) is 18.7 Å². The number of hydrogen-bond donors (Lipinski definition) is 0. The lowest BCUT2D eigenvalue weighted by Gasteiger charge is -2.08. The van der Waals surface area contributed by atoms with E-state index in [9.17, 15) is 4.39 Å². The summed E-state index contributed by atoms with van der Waals surface area (Å²) in [6, 6.07) is 10.2. The summed E-state index contributed by atoms with van der Waals surface area (Å²) in [4.78, 5) is 12.1. The summed E-state index contributed by atoms with van der Waals surface area (Å²) < 4.78 is 21.4. The Labute approximate surface area is 144 Å². The van der Waals surface area contributed by atoms with Gasteiger partial charge in [-0.2, -0.15) is 5.10 Å². The Morgan fingerprint density at radius 1 is 1.04 bits per heavy atom. The molecule has 2 heterocycles. The molecule has 0 saturated carbocycles. The maximum atomic E-state index is 13.6. The summed E-state index contributed by atoms with van der Waals surface area (Å²) >= 11 is 3.17. The molecule has 0 aliphatic carbocycles. The number of halogens is 2. The van der Waals surface area contributed by atoms with E-state index in [0.29, 0.717) is 27.0 Å². The summed E-state index contributed by atoms with van der Waals surface area (Å²) in [6.45, 7) is 0. The molecule has 0 saturated heterocycles. The highest BCUT2D eigenvalue weighted by Gasteiger charge is 2.10. The highest BCUT2D eigenvalue weighted by Crippen LogP contribution is 2.30. The highest BCUT2D eigenvalue weighted by atomic mass is 79.9. The maximum absolute atomic E-state index is 13.6. The average Bonchev–Trinajstić information content (AvgIpc) is 3.12. The lowest BCUT2D eigenvalue weighted by Crippen LogP contribution is -1.95. The molecule has 24 heavy (non-hydrogen) atoms. The second-order valence-electron chi connectivity index (χ2n) is 4.90. The minimum absolute atomic E-state index is 0.330. The Hall–Kier alpha value is -2.87. The molecule has 8 heteroatoms. The quantitative estimate of drug-likeness (QED) is 0.534. The first-order valence-electron chi connectivity index (χ1n) is 6.93. The van der Waals surface area contributed by atoms with Crippen LogP contribution in [0.2, 0.25) is 0 Å². The van der Waals surface area contributed by atoms with Gasteiger partial charge in [0.15, 0.2) is 0 Å². The van der Waals surface area contributed by atoms with E-state index in [0.717, 1.165) is 5.69 Å². The minimum atomic E-state index is -0.385. The van der Waals surface area contributed by atoms with Crippen molar-refractivity contribution in [2.75, 3.05) is 0 Å². The summed E-state index contributed by atoms with van der Waals surface area (Å²) in [5, 5.41) is 4.68. The van der Waals surface area contributed by atoms with Gasteiger partial charge in [0.05, 0.1) is 21.1 Å². The van der Waals surface area contributed by atoms with Crippen molar-refractivity contribution in [2.45, 2.75) is 0 Å². The molecule has 0 amide bonds. The van der Waals surface area contributed by atoms with Gasteiger partial charge in [-0.15, -0.1) is 0 Å². The number of fused-ring (bicyclic) bond motifs is 1. The van der Waals surface area contributed by atoms with Crippen LogP contribution in [0.3, 0.4) is 0 Å². The van der Waals surface area contributed by atoms with Crippen molar-refractivity contribution in [3.63, 3.8) is 0 Å². The molecule has 0 unspecified atom stereocenters. The van der Waals surface area contributed by atoms with Crippen molar-refractivity contribution >= 4 is 26.8 Å². The molecule has 2 aromatic carbocycles. The van der Waals surface area contributed by atoms with Crippen LogP contribution in [0.15, 0.2) is 59.9 Å². The Balaban J connectivity index is 1.68. The summed E-state index contributed by atoms with van der Waals surface area (Å²) in [6.07, 6.45) is 4.42. The standard InChI is InChI=1S/C16H9BrFN5O/c17-13-5-12-15(6-14(13)18)20-8-21-16(12)24-11-3-1-10(2-4-11)23-9-19-7-22-23/h1-9H. The lowest BCUT2D eigenvalue weighted by atomic mass is 10.2. The predicted molar refractivity (Wildman–Crippen MR) is 88.6 cm³/mol. The zero-order chi connectivity index (χ0) is 16.5. The topological polar surface area (TPSA) is 65.7 Å². The SMILES string of the molecule is Fc1cc2ncnc(Oc3ccc(-n4cncn4)cc3)c2cc1Br. The summed E-state index contributed by atoms with van der Waals surface area (Å²) in [7, 11) is 0. The predicted octanol–water partition coefficient (Wildman–Crippen LogP) is 3.90. The molecule has 0 spiro atoms. The largest absolute Gasteiger partial charge is 0.438 e. The van der Waals surface area contributed by atoms with E-state index in [4.69, 9.17) is 4.74 Å². The van der Waals surface area contributed by atoms with Gasteiger partial charge in [0.25, 0.3) is 0 Å². The molecule has 2 aromatic heterocycles. The van der Waals surface area contributed by atoms with E-state index in [-0.39, 0.29) is 5.82 Å². The number of nitrogens with zero attached hydrogens (tertiary/aromatic N) is 5. The third-order valence-corrected chi connectivity index (χ3v) is 3.98. The first-order valence-corrected chi connectivity index (χ1v) is 7.73. The molecule has 4 rings (SSSR count). The van der Waals surface area contributed by atoms with Crippen LogP contribution < -0.4 is 4.74 Å². The van der Waals surface area contributed by atoms with Gasteiger partial charge in [-0.1, -0.05) is 0 Å². The van der Waals surface area contributed by atoms with Crippen molar-refractivity contribution in [1.29, 1.82) is 0 Å². The lowest BCUT2D eigenvalue weighted by molar-refractivity contribution is 0.468. The number of ether oxygens (including phenoxy) is 1. The highest BCUT2D eigenvalue weighted by molar-refractivity contribution is 9.10. The van der Waals surface area contributed by atoms with Gasteiger partial charge in [0.1, 0.15) is 30.5 Å². The molecular weight excluding hydrogens is 377 g/mol. The van der Waals surface area contributed by atoms with Gasteiger partial charge in [0.2, 0.25) is 5.88 Å². The fourth-order valence-corrected chi connectivity index (χ4v) is 2.57. The molecule has 0 radical (unpaired) electrons. The van der Waals surface area contributed by atoms with Crippen molar-refractivity contribution in [1.82, 2.24) is 24.7 Å². The maximum Gasteiger partial charge on any atom is 0.230 e. The molecular formula is C16H9BrFN5O. The molecule has 0 fully saturated rings. The molecule has 0 aliphatic heterocycles. The van der Waals surface area contributed by atoms with Crippen LogP contribution >= 0.6 is 15.9 Å². The van der Waals surface area contributed by atoms with Crippen molar-refractivity contribution in [3.8, 4) is 17.3 Å². The van der Waals surface area contributed by atoms with Crippen LogP contribution in [0.1, 0.15) is 0 Å². The average molecular weight is 386 g/mol. The van der Waals surface area contributed by atoms with Crippen molar-refractivity contribution in [2.24, 2.45) is 0 Å². The summed E-state index contributed by atoms with van der Waals surface area (Å²) in [5.41, 5.74) is 1.33. The van der Waals surface area contributed by atoms with Crippen molar-refractivity contribution in [3.05, 3.63) is 65.7 Å². The van der Waals surface area contributed by atoms with Crippen LogP contribution in [0.25, 0.3) is 16.6 Å². The molecule has 0 bridgehead atoms. The van der Waals surface area contributed by atoms with Gasteiger partial charge in [-0.3, -0.25) is 0 Å². The van der Waals surface area contributed by atoms with Gasteiger partial charge < -0.3 is 4.74 Å². The van der Waals surface area contributed by atoms with Gasteiger partial charge in [0, 0.05) is 6.07 Å². The normalized spacial score (nSPS) is 10.9. The third-order valence-electron chi connectivity index (χ3n) is 3.38. The van der Waals surface area contributed by atoms with Gasteiger partial charge in [-0.25, -0.2) is 24.0 Å².